The predicted molar refractivity (Wildman–Crippen MR) is 40.8 cm³/mol. The molecule has 0 spiro atoms. The van der Waals surface area contributed by atoms with Crippen LogP contribution in [0.2, 0.25) is 0 Å². The summed E-state index contributed by atoms with van der Waals surface area (Å²) in [7, 11) is 1.89. The van der Waals surface area contributed by atoms with Gasteiger partial charge in [0.1, 0.15) is 0 Å². The third-order valence-corrected chi connectivity index (χ3v) is 2.12. The molecule has 0 saturated carbocycles. The molecule has 0 saturated heterocycles. The minimum Gasteiger partial charge on any atom is -0.276 e. The summed E-state index contributed by atoms with van der Waals surface area (Å²) in [6.45, 7) is 4.16. The minimum atomic E-state index is 0.455. The van der Waals surface area contributed by atoms with E-state index >= 15 is 0 Å². The topological polar surface area (TPSA) is 20.3 Å². The molecule has 1 atom stereocenters. The van der Waals surface area contributed by atoms with Crippen molar-refractivity contribution in [2.75, 3.05) is 7.05 Å². The highest BCUT2D eigenvalue weighted by Crippen LogP contribution is 2.09. The lowest BCUT2D eigenvalue weighted by Crippen LogP contribution is -2.21. The highest BCUT2D eigenvalue weighted by molar-refractivity contribution is 8.09. The Hall–Kier alpha value is -0.0200. The Bertz CT molecular complexity index is 87.1. The van der Waals surface area contributed by atoms with Gasteiger partial charge in [-0.15, -0.1) is 0 Å². The molecule has 0 aliphatic carbocycles. The van der Waals surface area contributed by atoms with Gasteiger partial charge in [-0.1, -0.05) is 6.92 Å². The molecule has 0 heterocycles. The van der Waals surface area contributed by atoms with Gasteiger partial charge in [-0.2, -0.15) is 0 Å². The van der Waals surface area contributed by atoms with Gasteiger partial charge in [-0.05, 0) is 20.4 Å². The average molecular weight is 146 g/mol. The van der Waals surface area contributed by atoms with Crippen LogP contribution in [0.5, 0.6) is 0 Å². The van der Waals surface area contributed by atoms with Crippen molar-refractivity contribution < 1.29 is 4.79 Å². The number of carbonyl (C=O) groups excluding carboxylic acids is 1. The molecule has 0 aromatic carbocycles. The van der Waals surface area contributed by atoms with Crippen LogP contribution in [0, 0.1) is 0 Å². The smallest absolute Gasteiger partial charge is 0.276 e. The first-order chi connectivity index (χ1) is 4.22. The van der Waals surface area contributed by atoms with Crippen LogP contribution in [-0.2, 0) is 4.79 Å². The van der Waals surface area contributed by atoms with E-state index in [-0.39, 0.29) is 0 Å². The number of rotatable bonds is 4. The van der Waals surface area contributed by atoms with Crippen molar-refractivity contribution in [3.8, 4) is 0 Å². The van der Waals surface area contributed by atoms with Crippen LogP contribution >= 0.6 is 11.9 Å². The molecule has 0 N–H and O–H groups in total. The molecule has 1 unspecified atom stereocenters. The zero-order valence-electron chi connectivity index (χ0n) is 6.05. The normalized spacial score (nSPS) is 13.8. The second kappa shape index (κ2) is 4.82. The summed E-state index contributed by atoms with van der Waals surface area (Å²) in [6.07, 6.45) is 1.06. The maximum absolute atomic E-state index is 9.83. The fourth-order valence-electron chi connectivity index (χ4n) is 0.406. The second-order valence-corrected chi connectivity index (χ2v) is 2.90. The average Bonchev–Trinajstić information content (AvgIpc) is 1.87. The summed E-state index contributed by atoms with van der Waals surface area (Å²) < 4.78 is 1.90. The van der Waals surface area contributed by atoms with Gasteiger partial charge in [-0.25, -0.2) is 4.31 Å². The monoisotopic (exact) mass is 146 g/mol. The number of hydrogen-bond donors (Lipinski definition) is 0. The number of nitrogens with zero attached hydrogens (tertiary/aromatic N) is 1. The van der Waals surface area contributed by atoms with E-state index < -0.39 is 0 Å². The Balaban J connectivity index is 3.44. The molecule has 53 valence electrons. The van der Waals surface area contributed by atoms with Gasteiger partial charge < -0.3 is 0 Å². The molecule has 0 aliphatic heterocycles. The van der Waals surface area contributed by atoms with Crippen LogP contribution in [0.4, 0.5) is 0 Å². The Morgan fingerprint density at radius 1 is 1.78 bits per heavy atom. The zero-order chi connectivity index (χ0) is 7.28. The summed E-state index contributed by atoms with van der Waals surface area (Å²) in [5.41, 5.74) is 1.78. The molecule has 3 heteroatoms. The maximum Gasteiger partial charge on any atom is 0.282 e. The van der Waals surface area contributed by atoms with E-state index in [1.807, 2.05) is 11.4 Å². The van der Waals surface area contributed by atoms with Crippen molar-refractivity contribution in [2.24, 2.45) is 0 Å². The Labute approximate surface area is 60.7 Å². The summed E-state index contributed by atoms with van der Waals surface area (Å²) in [5, 5.41) is 0. The maximum atomic E-state index is 9.83. The molecular formula is C6H12NOS. The van der Waals surface area contributed by atoms with Gasteiger partial charge in [0.15, 0.2) is 0 Å². The molecule has 0 aliphatic rings. The minimum absolute atomic E-state index is 0.455. The molecule has 0 fully saturated rings. The van der Waals surface area contributed by atoms with E-state index in [1.165, 1.54) is 0 Å². The van der Waals surface area contributed by atoms with Gasteiger partial charge in [0, 0.05) is 18.0 Å². The summed E-state index contributed by atoms with van der Waals surface area (Å²) in [4.78, 5) is 9.83. The molecule has 9 heavy (non-hydrogen) atoms. The van der Waals surface area contributed by atoms with Gasteiger partial charge in [0.05, 0.1) is 0 Å². The first-order valence-electron chi connectivity index (χ1n) is 2.99. The number of hydrogen-bond acceptors (Lipinski definition) is 3. The van der Waals surface area contributed by atoms with Crippen molar-refractivity contribution in [1.82, 2.24) is 4.31 Å². The lowest BCUT2D eigenvalue weighted by Gasteiger charge is -2.17. The predicted octanol–water partition coefficient (Wildman–Crippen LogP) is 1.43. The van der Waals surface area contributed by atoms with E-state index in [0.29, 0.717) is 6.04 Å². The quantitative estimate of drug-likeness (QED) is 0.560. The van der Waals surface area contributed by atoms with E-state index in [1.54, 1.807) is 5.62 Å². The highest BCUT2D eigenvalue weighted by atomic mass is 32.2. The van der Waals surface area contributed by atoms with Gasteiger partial charge >= 0.3 is 0 Å². The standard InChI is InChI=1S/C6H12NOS/c1-4-6(2)7(3)9-5-8/h6H,4H2,1-3H3. The molecule has 2 nitrogen and oxygen atoms in total. The van der Waals surface area contributed by atoms with Crippen molar-refractivity contribution in [1.29, 1.82) is 0 Å². The molecule has 1 radical (unpaired) electrons. The van der Waals surface area contributed by atoms with Crippen LogP contribution in [0.3, 0.4) is 0 Å². The van der Waals surface area contributed by atoms with Gasteiger partial charge in [0.25, 0.3) is 5.62 Å². The Morgan fingerprint density at radius 3 is 2.67 bits per heavy atom. The first kappa shape index (κ1) is 8.98. The SMILES string of the molecule is CCC(C)N(C)S[C]=O. The van der Waals surface area contributed by atoms with E-state index in [9.17, 15) is 4.79 Å². The fourth-order valence-corrected chi connectivity index (χ4v) is 0.852. The van der Waals surface area contributed by atoms with Crippen LogP contribution in [-0.4, -0.2) is 23.0 Å². The highest BCUT2D eigenvalue weighted by Gasteiger charge is 2.05. The van der Waals surface area contributed by atoms with Gasteiger partial charge in [0.2, 0.25) is 0 Å². The molecular weight excluding hydrogens is 134 g/mol. The van der Waals surface area contributed by atoms with Crippen LogP contribution in [0.25, 0.3) is 0 Å². The molecule has 0 aromatic rings. The molecule has 0 bridgehead atoms. The summed E-state index contributed by atoms with van der Waals surface area (Å²) >= 11 is 1.09. The van der Waals surface area contributed by atoms with Crippen LogP contribution in [0.1, 0.15) is 20.3 Å². The van der Waals surface area contributed by atoms with Crippen molar-refractivity contribution in [3.63, 3.8) is 0 Å². The van der Waals surface area contributed by atoms with Gasteiger partial charge in [-0.3, -0.25) is 4.79 Å². The lowest BCUT2D eigenvalue weighted by atomic mass is 10.3. The third kappa shape index (κ3) is 3.54. The van der Waals surface area contributed by atoms with Crippen molar-refractivity contribution in [3.05, 3.63) is 0 Å². The largest absolute Gasteiger partial charge is 0.282 e. The third-order valence-electron chi connectivity index (χ3n) is 1.39. The summed E-state index contributed by atoms with van der Waals surface area (Å²) in [5.74, 6) is 0. The zero-order valence-corrected chi connectivity index (χ0v) is 6.86. The van der Waals surface area contributed by atoms with Crippen molar-refractivity contribution >= 4 is 17.6 Å². The summed E-state index contributed by atoms with van der Waals surface area (Å²) in [6, 6.07) is 0.455. The fraction of sp³-hybridized carbons (Fsp3) is 0.833. The molecule has 0 aromatic heterocycles. The molecule has 0 rings (SSSR count). The van der Waals surface area contributed by atoms with E-state index in [0.717, 1.165) is 18.4 Å². The lowest BCUT2D eigenvalue weighted by molar-refractivity contribution is 0.427. The van der Waals surface area contributed by atoms with E-state index in [4.69, 9.17) is 0 Å². The van der Waals surface area contributed by atoms with Crippen LogP contribution < -0.4 is 0 Å². The molecule has 0 amide bonds. The van der Waals surface area contributed by atoms with E-state index in [2.05, 4.69) is 13.8 Å². The second-order valence-electron chi connectivity index (χ2n) is 1.98. The van der Waals surface area contributed by atoms with Crippen LogP contribution in [0.15, 0.2) is 0 Å². The van der Waals surface area contributed by atoms with Crippen molar-refractivity contribution in [2.45, 2.75) is 26.3 Å². The first-order valence-corrected chi connectivity index (χ1v) is 3.76. The Morgan fingerprint density at radius 2 is 2.33 bits per heavy atom. The Kier molecular flexibility index (Phi) is 4.81.